The van der Waals surface area contributed by atoms with Crippen LogP contribution in [-0.2, 0) is 6.18 Å². The number of anilines is 2. The Bertz CT molecular complexity index is 1900. The summed E-state index contributed by atoms with van der Waals surface area (Å²) in [5.41, 5.74) is 4.89. The molecule has 0 aliphatic heterocycles. The number of fused-ring (bicyclic) bond motifs is 1. The van der Waals surface area contributed by atoms with E-state index in [1.807, 2.05) is 4.57 Å². The van der Waals surface area contributed by atoms with Gasteiger partial charge in [0.2, 0.25) is 0 Å². The Morgan fingerprint density at radius 1 is 1.12 bits per heavy atom. The van der Waals surface area contributed by atoms with Gasteiger partial charge < -0.3 is 15.6 Å². The van der Waals surface area contributed by atoms with Gasteiger partial charge in [-0.2, -0.15) is 18.3 Å². The number of amides is 1. The summed E-state index contributed by atoms with van der Waals surface area (Å²) in [6.45, 7) is 0. The third-order valence-corrected chi connectivity index (χ3v) is 7.83. The molecule has 13 heteroatoms. The van der Waals surface area contributed by atoms with Crippen molar-refractivity contribution in [2.45, 2.75) is 37.9 Å². The quantitative estimate of drug-likeness (QED) is 0.144. The summed E-state index contributed by atoms with van der Waals surface area (Å²) in [6.07, 6.45) is 5.59. The highest BCUT2D eigenvalue weighted by molar-refractivity contribution is 7.71. The van der Waals surface area contributed by atoms with Crippen LogP contribution in [0.3, 0.4) is 0 Å². The molecule has 1 aliphatic carbocycles. The van der Waals surface area contributed by atoms with Crippen LogP contribution < -0.4 is 11.1 Å². The van der Waals surface area contributed by atoms with Gasteiger partial charge in [-0.1, -0.05) is 37.2 Å². The van der Waals surface area contributed by atoms with E-state index in [1.54, 1.807) is 36.8 Å². The zero-order valence-corrected chi connectivity index (χ0v) is 23.4. The first-order chi connectivity index (χ1) is 20.6. The fraction of sp³-hybridized carbons (Fsp3) is 0.233. The van der Waals surface area contributed by atoms with Crippen LogP contribution in [0.4, 0.5) is 29.1 Å². The molecule has 3 aromatic heterocycles. The fourth-order valence-corrected chi connectivity index (χ4v) is 5.35. The van der Waals surface area contributed by atoms with E-state index in [1.165, 1.54) is 30.5 Å². The van der Waals surface area contributed by atoms with Crippen molar-refractivity contribution in [3.05, 3.63) is 101 Å². The highest BCUT2D eigenvalue weighted by Crippen LogP contribution is 2.38. The Labute approximate surface area is 248 Å². The molecule has 2 aromatic carbocycles. The number of rotatable bonds is 8. The summed E-state index contributed by atoms with van der Waals surface area (Å²) in [5.74, 6) is -0.933. The molecular formula is C30H25F4N7OS. The van der Waals surface area contributed by atoms with Crippen LogP contribution in [0.15, 0.2) is 73.3 Å². The van der Waals surface area contributed by atoms with Crippen LogP contribution in [0.5, 0.6) is 0 Å². The van der Waals surface area contributed by atoms with Crippen molar-refractivity contribution < 1.29 is 22.4 Å². The highest BCUT2D eigenvalue weighted by atomic mass is 32.1. The molecule has 0 spiro atoms. The Morgan fingerprint density at radius 3 is 2.67 bits per heavy atom. The van der Waals surface area contributed by atoms with Crippen molar-refractivity contribution in [3.63, 3.8) is 0 Å². The van der Waals surface area contributed by atoms with E-state index >= 15 is 4.39 Å². The van der Waals surface area contributed by atoms with Gasteiger partial charge >= 0.3 is 6.18 Å². The largest absolute Gasteiger partial charge is 0.435 e. The molecule has 220 valence electrons. The molecule has 1 saturated carbocycles. The number of nitrogen functional groups attached to an aromatic ring is 1. The van der Waals surface area contributed by atoms with Gasteiger partial charge in [0.15, 0.2) is 5.69 Å². The number of alkyl halides is 3. The van der Waals surface area contributed by atoms with Crippen LogP contribution in [0.25, 0.3) is 16.5 Å². The van der Waals surface area contributed by atoms with Gasteiger partial charge in [-0.25, -0.2) is 14.1 Å². The number of carbonyl (C=O) groups is 1. The number of halogens is 4. The first-order valence-corrected chi connectivity index (χ1v) is 13.9. The number of benzene rings is 2. The first-order valence-electron chi connectivity index (χ1n) is 13.5. The molecule has 6 rings (SSSR count). The Morgan fingerprint density at radius 2 is 1.93 bits per heavy atom. The molecule has 8 nitrogen and oxygen atoms in total. The normalized spacial score (nSPS) is 14.1. The number of aromatic nitrogens is 5. The maximum absolute atomic E-state index is 15.1. The van der Waals surface area contributed by atoms with Crippen molar-refractivity contribution >= 4 is 40.4 Å². The van der Waals surface area contributed by atoms with Crippen LogP contribution in [0, 0.1) is 16.4 Å². The Kier molecular flexibility index (Phi) is 7.42. The smallest absolute Gasteiger partial charge is 0.383 e. The second-order valence-corrected chi connectivity index (χ2v) is 10.9. The summed E-state index contributed by atoms with van der Waals surface area (Å²) in [4.78, 5) is 21.6. The second kappa shape index (κ2) is 11.2. The van der Waals surface area contributed by atoms with Crippen molar-refractivity contribution in [2.75, 3.05) is 11.1 Å². The number of pyridine rings is 1. The zero-order valence-electron chi connectivity index (χ0n) is 22.6. The third kappa shape index (κ3) is 5.98. The maximum Gasteiger partial charge on any atom is 0.435 e. The minimum atomic E-state index is -4.83. The van der Waals surface area contributed by atoms with Gasteiger partial charge in [0, 0.05) is 30.0 Å². The van der Waals surface area contributed by atoms with E-state index in [9.17, 15) is 18.0 Å². The molecule has 1 aliphatic rings. The van der Waals surface area contributed by atoms with Gasteiger partial charge in [-0.05, 0) is 60.0 Å². The molecule has 1 amide bonds. The summed E-state index contributed by atoms with van der Waals surface area (Å²) >= 11 is 5.49. The molecule has 43 heavy (non-hydrogen) atoms. The number of hydrogen-bond donors (Lipinski definition) is 2. The number of nitrogens with zero attached hydrogens (tertiary/aromatic N) is 5. The van der Waals surface area contributed by atoms with Crippen molar-refractivity contribution in [2.24, 2.45) is 5.92 Å². The summed E-state index contributed by atoms with van der Waals surface area (Å²) in [6, 6.07) is 11.0. The van der Waals surface area contributed by atoms with Crippen molar-refractivity contribution in [1.82, 2.24) is 24.3 Å². The van der Waals surface area contributed by atoms with E-state index in [0.29, 0.717) is 33.0 Å². The van der Waals surface area contributed by atoms with E-state index in [-0.39, 0.29) is 23.2 Å². The molecule has 1 atom stereocenters. The summed E-state index contributed by atoms with van der Waals surface area (Å²) < 4.78 is 59.5. The molecule has 0 bridgehead atoms. The minimum Gasteiger partial charge on any atom is -0.383 e. The second-order valence-electron chi connectivity index (χ2n) is 10.5. The molecule has 5 aromatic rings. The van der Waals surface area contributed by atoms with Crippen molar-refractivity contribution in [3.8, 4) is 5.69 Å². The number of nitrogens with two attached hydrogens (primary N) is 1. The van der Waals surface area contributed by atoms with Crippen molar-refractivity contribution in [1.29, 1.82) is 0 Å². The summed E-state index contributed by atoms with van der Waals surface area (Å²) in [7, 11) is 0. The monoisotopic (exact) mass is 607 g/mol. The predicted octanol–water partition coefficient (Wildman–Crippen LogP) is 7.12. The Hall–Kier alpha value is -4.65. The average molecular weight is 608 g/mol. The third-order valence-electron chi connectivity index (χ3n) is 7.51. The highest BCUT2D eigenvalue weighted by Gasteiger charge is 2.36. The van der Waals surface area contributed by atoms with Crippen LogP contribution >= 0.6 is 12.2 Å². The molecular weight excluding hydrogens is 582 g/mol. The van der Waals surface area contributed by atoms with E-state index in [2.05, 4.69) is 20.4 Å². The molecule has 1 fully saturated rings. The number of nitrogens with one attached hydrogen (secondary N) is 1. The lowest BCUT2D eigenvalue weighted by Crippen LogP contribution is -2.18. The predicted molar refractivity (Wildman–Crippen MR) is 156 cm³/mol. The number of carbonyl (C=O) groups excluding carboxylic acids is 1. The van der Waals surface area contributed by atoms with E-state index in [0.717, 1.165) is 30.4 Å². The van der Waals surface area contributed by atoms with Gasteiger partial charge in [0.1, 0.15) is 22.0 Å². The standard InChI is InChI=1S/C30H25F4N7OS/c31-22-7-5-19(24(8-3-17-1-2-17)40-12-11-36-16-27(40)43)13-23(22)38-29(42)25-15-26(30(32,33)34)39-41(25)20-6-4-18-9-10-37-28(35)21(18)14-20/h4-7,9-17,24H,1-3,8H2,(H2,35,37)(H,38,42). The molecule has 0 radical (unpaired) electrons. The van der Waals surface area contributed by atoms with Gasteiger partial charge in [-0.3, -0.25) is 9.78 Å². The zero-order chi connectivity index (χ0) is 30.3. The molecule has 3 heterocycles. The number of hydrogen-bond acceptors (Lipinski definition) is 6. The van der Waals surface area contributed by atoms with E-state index in [4.69, 9.17) is 18.0 Å². The molecule has 1 unspecified atom stereocenters. The van der Waals surface area contributed by atoms with Crippen LogP contribution in [-0.4, -0.2) is 30.2 Å². The fourth-order valence-electron chi connectivity index (χ4n) is 5.10. The lowest BCUT2D eigenvalue weighted by Gasteiger charge is -2.22. The van der Waals surface area contributed by atoms with Gasteiger partial charge in [0.25, 0.3) is 5.91 Å². The van der Waals surface area contributed by atoms with Gasteiger partial charge in [-0.15, -0.1) is 0 Å². The van der Waals surface area contributed by atoms with E-state index < -0.39 is 29.3 Å². The Balaban J connectivity index is 1.37. The topological polar surface area (TPSA) is 104 Å². The average Bonchev–Trinajstić information content (AvgIpc) is 3.69. The first kappa shape index (κ1) is 28.5. The van der Waals surface area contributed by atoms with Gasteiger partial charge in [0.05, 0.1) is 23.6 Å². The summed E-state index contributed by atoms with van der Waals surface area (Å²) in [5, 5.41) is 7.31. The minimum absolute atomic E-state index is 0.147. The van der Waals surface area contributed by atoms with Crippen LogP contribution in [0.2, 0.25) is 0 Å². The molecule has 0 saturated heterocycles. The SMILES string of the molecule is Nc1nccc2ccc(-n3nc(C(F)(F)F)cc3C(=O)Nc3cc(C(CCC4CC4)n4ccncc4=S)ccc3F)cc12. The lowest BCUT2D eigenvalue weighted by molar-refractivity contribution is -0.141. The molecule has 3 N–H and O–H groups in total. The maximum atomic E-state index is 15.1. The lowest BCUT2D eigenvalue weighted by atomic mass is 9.99. The van der Waals surface area contributed by atoms with Crippen LogP contribution in [0.1, 0.15) is 53.5 Å².